The molecule has 2 amide bonds. The predicted octanol–water partition coefficient (Wildman–Crippen LogP) is 2.49. The van der Waals surface area contributed by atoms with Crippen LogP contribution < -0.4 is 10.6 Å². The molecular formula is C16H16ClFN2O4S. The zero-order valence-electron chi connectivity index (χ0n) is 13.5. The van der Waals surface area contributed by atoms with Gasteiger partial charge in [-0.3, -0.25) is 9.59 Å². The largest absolute Gasteiger partial charge is 0.451 e. The molecule has 0 fully saturated rings. The van der Waals surface area contributed by atoms with Gasteiger partial charge >= 0.3 is 5.97 Å². The molecule has 1 heterocycles. The first kappa shape index (κ1) is 19.1. The monoisotopic (exact) mass is 386 g/mol. The number of hydrogen-bond donors (Lipinski definition) is 2. The van der Waals surface area contributed by atoms with Gasteiger partial charge in [-0.2, -0.15) is 0 Å². The van der Waals surface area contributed by atoms with E-state index in [1.807, 2.05) is 0 Å². The van der Waals surface area contributed by atoms with Gasteiger partial charge in [0.1, 0.15) is 10.7 Å². The van der Waals surface area contributed by atoms with E-state index in [4.69, 9.17) is 16.3 Å². The quantitative estimate of drug-likeness (QED) is 0.747. The van der Waals surface area contributed by atoms with Gasteiger partial charge in [-0.15, -0.1) is 11.3 Å². The molecule has 9 heteroatoms. The molecule has 2 N–H and O–H groups in total. The molecule has 0 aliphatic rings. The highest BCUT2D eigenvalue weighted by atomic mass is 35.5. The molecule has 0 atom stereocenters. The summed E-state index contributed by atoms with van der Waals surface area (Å²) in [6.07, 6.45) is 0. The minimum Gasteiger partial charge on any atom is -0.451 e. The van der Waals surface area contributed by atoms with Crippen molar-refractivity contribution < 1.29 is 23.5 Å². The van der Waals surface area contributed by atoms with E-state index in [1.54, 1.807) is 13.8 Å². The Morgan fingerprint density at radius 3 is 2.68 bits per heavy atom. The Labute approximate surface area is 152 Å². The topological polar surface area (TPSA) is 84.5 Å². The van der Waals surface area contributed by atoms with Gasteiger partial charge in [0.25, 0.3) is 5.91 Å². The van der Waals surface area contributed by atoms with Gasteiger partial charge < -0.3 is 15.4 Å². The van der Waals surface area contributed by atoms with E-state index in [0.717, 1.165) is 11.3 Å². The molecule has 1 aromatic carbocycles. The summed E-state index contributed by atoms with van der Waals surface area (Å²) >= 11 is 7.09. The number of fused-ring (bicyclic) bond motifs is 1. The second-order valence-electron chi connectivity index (χ2n) is 5.46. The molecule has 0 spiro atoms. The van der Waals surface area contributed by atoms with E-state index >= 15 is 0 Å². The van der Waals surface area contributed by atoms with Gasteiger partial charge in [-0.05, 0) is 32.0 Å². The minimum atomic E-state index is -0.784. The third kappa shape index (κ3) is 5.14. The third-order valence-electron chi connectivity index (χ3n) is 3.01. The Balaban J connectivity index is 1.91. The van der Waals surface area contributed by atoms with Crippen LogP contribution in [0, 0.1) is 5.82 Å². The van der Waals surface area contributed by atoms with Crippen molar-refractivity contribution in [1.29, 1.82) is 0 Å². The molecule has 0 saturated carbocycles. The van der Waals surface area contributed by atoms with Gasteiger partial charge in [-0.1, -0.05) is 11.6 Å². The number of benzene rings is 1. The maximum atomic E-state index is 13.2. The van der Waals surface area contributed by atoms with Crippen molar-refractivity contribution in [2.75, 3.05) is 13.2 Å². The van der Waals surface area contributed by atoms with Gasteiger partial charge in [-0.25, -0.2) is 9.18 Å². The molecule has 1 aromatic heterocycles. The van der Waals surface area contributed by atoms with Crippen LogP contribution in [0.5, 0.6) is 0 Å². The number of carbonyl (C=O) groups excluding carboxylic acids is 3. The van der Waals surface area contributed by atoms with E-state index in [0.29, 0.717) is 10.1 Å². The van der Waals surface area contributed by atoms with Crippen molar-refractivity contribution in [3.8, 4) is 0 Å². The van der Waals surface area contributed by atoms with E-state index in [1.165, 1.54) is 18.2 Å². The fraction of sp³-hybridized carbons (Fsp3) is 0.312. The number of thiophene rings is 1. The molecule has 0 unspecified atom stereocenters. The van der Waals surface area contributed by atoms with Crippen LogP contribution in [0.15, 0.2) is 18.2 Å². The lowest BCUT2D eigenvalue weighted by molar-refractivity contribution is -0.128. The standard InChI is InChI=1S/C16H16ClFN2O4S/c1-8(2)20-12(21)6-19-13(22)7-24-16(23)15-14(17)10-4-3-9(18)5-11(10)25-15/h3-5,8H,6-7H2,1-2H3,(H,19,22)(H,20,21). The highest BCUT2D eigenvalue weighted by Gasteiger charge is 2.20. The number of rotatable bonds is 6. The van der Waals surface area contributed by atoms with Gasteiger partial charge in [0.2, 0.25) is 5.91 Å². The lowest BCUT2D eigenvalue weighted by Crippen LogP contribution is -2.41. The van der Waals surface area contributed by atoms with Crippen molar-refractivity contribution in [3.05, 3.63) is 33.9 Å². The fourth-order valence-corrected chi connectivity index (χ4v) is 3.40. The van der Waals surface area contributed by atoms with E-state index in [9.17, 15) is 18.8 Å². The van der Waals surface area contributed by atoms with E-state index in [2.05, 4.69) is 10.6 Å². The Hall–Kier alpha value is -2.19. The third-order valence-corrected chi connectivity index (χ3v) is 4.64. The minimum absolute atomic E-state index is 0.0397. The van der Waals surface area contributed by atoms with Crippen LogP contribution in [0.1, 0.15) is 23.5 Å². The summed E-state index contributed by atoms with van der Waals surface area (Å²) in [5.41, 5.74) is 0. The average molecular weight is 387 g/mol. The van der Waals surface area contributed by atoms with Crippen molar-refractivity contribution in [2.45, 2.75) is 19.9 Å². The second kappa shape index (κ2) is 8.26. The molecule has 0 bridgehead atoms. The summed E-state index contributed by atoms with van der Waals surface area (Å²) in [6.45, 7) is 2.83. The highest BCUT2D eigenvalue weighted by Crippen LogP contribution is 2.36. The summed E-state index contributed by atoms with van der Waals surface area (Å²) in [7, 11) is 0. The predicted molar refractivity (Wildman–Crippen MR) is 93.4 cm³/mol. The normalized spacial score (nSPS) is 10.8. The highest BCUT2D eigenvalue weighted by molar-refractivity contribution is 7.21. The first-order chi connectivity index (χ1) is 11.8. The molecular weight excluding hydrogens is 371 g/mol. The number of halogens is 2. The molecule has 0 saturated heterocycles. The van der Waals surface area contributed by atoms with Crippen LogP contribution >= 0.6 is 22.9 Å². The summed E-state index contributed by atoms with van der Waals surface area (Å²) < 4.78 is 18.6. The lowest BCUT2D eigenvalue weighted by Gasteiger charge is -2.09. The molecule has 0 aliphatic heterocycles. The van der Waals surface area contributed by atoms with Gasteiger partial charge in [0.15, 0.2) is 6.61 Å². The van der Waals surface area contributed by atoms with Crippen molar-refractivity contribution >= 4 is 50.8 Å². The van der Waals surface area contributed by atoms with E-state index < -0.39 is 24.3 Å². The van der Waals surface area contributed by atoms with Crippen LogP contribution in [-0.4, -0.2) is 37.0 Å². The average Bonchev–Trinajstić information content (AvgIpc) is 2.86. The fourth-order valence-electron chi connectivity index (χ4n) is 1.97. The molecule has 25 heavy (non-hydrogen) atoms. The Kier molecular flexibility index (Phi) is 6.33. The van der Waals surface area contributed by atoms with Crippen molar-refractivity contribution in [1.82, 2.24) is 10.6 Å². The number of ether oxygens (including phenoxy) is 1. The Morgan fingerprint density at radius 2 is 2.00 bits per heavy atom. The van der Waals surface area contributed by atoms with Crippen LogP contribution in [-0.2, 0) is 14.3 Å². The van der Waals surface area contributed by atoms with Crippen molar-refractivity contribution in [3.63, 3.8) is 0 Å². The smallest absolute Gasteiger partial charge is 0.350 e. The zero-order valence-corrected chi connectivity index (χ0v) is 15.1. The number of esters is 1. The van der Waals surface area contributed by atoms with Gasteiger partial charge in [0.05, 0.1) is 11.6 Å². The maximum absolute atomic E-state index is 13.2. The van der Waals surface area contributed by atoms with Crippen LogP contribution in [0.2, 0.25) is 5.02 Å². The summed E-state index contributed by atoms with van der Waals surface area (Å²) in [4.78, 5) is 35.2. The number of hydrogen-bond acceptors (Lipinski definition) is 5. The molecule has 0 radical (unpaired) electrons. The molecule has 2 aromatic rings. The lowest BCUT2D eigenvalue weighted by atomic mass is 10.2. The summed E-state index contributed by atoms with van der Waals surface area (Å²) in [6, 6.07) is 3.94. The summed E-state index contributed by atoms with van der Waals surface area (Å²) in [5.74, 6) is -2.18. The number of nitrogens with one attached hydrogen (secondary N) is 2. The van der Waals surface area contributed by atoms with E-state index in [-0.39, 0.29) is 28.4 Å². The second-order valence-corrected chi connectivity index (χ2v) is 6.89. The first-order valence-electron chi connectivity index (χ1n) is 7.38. The van der Waals surface area contributed by atoms with Gasteiger partial charge in [0, 0.05) is 16.1 Å². The molecule has 2 rings (SSSR count). The molecule has 0 aliphatic carbocycles. The molecule has 6 nitrogen and oxygen atoms in total. The molecule has 134 valence electrons. The zero-order chi connectivity index (χ0) is 18.6. The maximum Gasteiger partial charge on any atom is 0.350 e. The SMILES string of the molecule is CC(C)NC(=O)CNC(=O)COC(=O)c1sc2cc(F)ccc2c1Cl. The van der Waals surface area contributed by atoms with Crippen LogP contribution in [0.3, 0.4) is 0 Å². The van der Waals surface area contributed by atoms with Crippen LogP contribution in [0.4, 0.5) is 4.39 Å². The van der Waals surface area contributed by atoms with Crippen LogP contribution in [0.25, 0.3) is 10.1 Å². The Morgan fingerprint density at radius 1 is 1.28 bits per heavy atom. The number of carbonyl (C=O) groups is 3. The summed E-state index contributed by atoms with van der Waals surface area (Å²) in [5, 5.41) is 5.64. The number of amides is 2. The Bertz CT molecular complexity index is 822. The van der Waals surface area contributed by atoms with Crippen molar-refractivity contribution in [2.24, 2.45) is 0 Å². The first-order valence-corrected chi connectivity index (χ1v) is 8.58.